The number of likely N-dealkylation sites (N-methyl/N-ethyl adjacent to an activating group) is 1. The third-order valence-electron chi connectivity index (χ3n) is 16.8. The van der Waals surface area contributed by atoms with E-state index in [0.29, 0.717) is 11.5 Å². The Kier molecular flexibility index (Phi) is 28.0. The number of nitrogens with two attached hydrogens (primary N) is 1. The summed E-state index contributed by atoms with van der Waals surface area (Å²) in [6.07, 6.45) is -0.456. The standard InChI is InChI=1S/C64H88ClN11O20S/c1-34(2)53(72-61(97)69-23-25-92-27-26-91-24-21-51(80)96-76-48(77)19-20-49(76)78)57(83)71-42(15-13-22-68-60(66)86)56(82)70-41-18-17-39(31-40(41)55(81)67-7)58(84)74(8)37(5)59(85)94-47-32-50(79)75(9)43-29-38(30-44(89-10)52(43)65)28-35(3)14-12-16-46(90-11)64(88)33-45(93-62(87)73-64)36(4)54-63(47,6)95-54/h12,14,16-18,29-31,34,36-37,42,45-47,53-54,88H,13,15,19-28,32-33H2,1-11H3,(H,67,81)(H,70,82)(H,71,83)(H,73,87)(H3,66,68,86)(H2,69,72,97)/b16-12+,35-14+/t36-,37+,42+,45+,46-,47+,53+,54+,63+,64+/m1/s1. The fraction of sp³-hybridized carbons (Fsp3) is 0.562. The predicted octanol–water partition coefficient (Wildman–Crippen LogP) is 2.58. The summed E-state index contributed by atoms with van der Waals surface area (Å²) in [5, 5.41) is 31.4. The van der Waals surface area contributed by atoms with Crippen LogP contribution in [0.3, 0.4) is 0 Å². The van der Waals surface area contributed by atoms with Crippen LogP contribution in [-0.2, 0) is 73.2 Å². The second-order valence-corrected chi connectivity index (χ2v) is 25.1. The van der Waals surface area contributed by atoms with Crippen molar-refractivity contribution in [3.05, 3.63) is 75.8 Å². The highest BCUT2D eigenvalue weighted by molar-refractivity contribution is 7.80. The maximum atomic E-state index is 14.6. The molecule has 97 heavy (non-hydrogen) atoms. The minimum atomic E-state index is -1.95. The van der Waals surface area contributed by atoms with Gasteiger partial charge >= 0.3 is 24.1 Å². The van der Waals surface area contributed by atoms with E-state index >= 15 is 0 Å². The van der Waals surface area contributed by atoms with Crippen LogP contribution < -0.4 is 52.6 Å². The molecule has 10 N–H and O–H groups in total. The number of epoxide rings is 1. The Bertz CT molecular complexity index is 3340. The van der Waals surface area contributed by atoms with E-state index in [9.17, 15) is 57.8 Å². The van der Waals surface area contributed by atoms with Crippen LogP contribution in [0.15, 0.2) is 54.1 Å². The summed E-state index contributed by atoms with van der Waals surface area (Å²) in [6, 6.07) is 2.80. The molecule has 0 saturated carbocycles. The number of ether oxygens (including phenoxy) is 7. The molecule has 0 aliphatic carbocycles. The summed E-state index contributed by atoms with van der Waals surface area (Å²) in [5.41, 5.74) is 3.39. The third kappa shape index (κ3) is 20.8. The molecule has 4 aliphatic heterocycles. The van der Waals surface area contributed by atoms with E-state index in [1.165, 1.54) is 65.4 Å². The first-order valence-corrected chi connectivity index (χ1v) is 32.3. The smallest absolute Gasteiger partial charge is 0.409 e. The lowest BCUT2D eigenvalue weighted by Crippen LogP contribution is -2.63. The van der Waals surface area contributed by atoms with E-state index in [-0.39, 0.29) is 116 Å². The average Bonchev–Trinajstić information content (AvgIpc) is 1.58. The van der Waals surface area contributed by atoms with Crippen LogP contribution in [0.4, 0.5) is 21.0 Å². The van der Waals surface area contributed by atoms with Gasteiger partial charge in [0.1, 0.15) is 52.8 Å². The number of halogens is 1. The van der Waals surface area contributed by atoms with Gasteiger partial charge in [-0.2, -0.15) is 0 Å². The summed E-state index contributed by atoms with van der Waals surface area (Å²) in [7, 11) is 6.97. The Labute approximate surface area is 572 Å². The number of carbonyl (C=O) groups is 11. The van der Waals surface area contributed by atoms with Gasteiger partial charge in [0, 0.05) is 72.1 Å². The normalized spacial score (nSPS) is 23.5. The molecule has 2 aromatic carbocycles. The molecule has 0 spiro atoms. The lowest BCUT2D eigenvalue weighted by Gasteiger charge is -2.42. The Morgan fingerprint density at radius 2 is 1.63 bits per heavy atom. The summed E-state index contributed by atoms with van der Waals surface area (Å²) >= 11 is 12.3. The van der Waals surface area contributed by atoms with Crippen molar-refractivity contribution in [1.82, 2.24) is 41.9 Å². The van der Waals surface area contributed by atoms with Crippen molar-refractivity contribution in [1.29, 1.82) is 0 Å². The van der Waals surface area contributed by atoms with Crippen LogP contribution >= 0.6 is 23.8 Å². The van der Waals surface area contributed by atoms with Gasteiger partial charge in [-0.3, -0.25) is 38.9 Å². The van der Waals surface area contributed by atoms with Gasteiger partial charge in [0.05, 0.1) is 69.4 Å². The van der Waals surface area contributed by atoms with Crippen molar-refractivity contribution in [3.8, 4) is 5.75 Å². The van der Waals surface area contributed by atoms with Crippen LogP contribution in [0.1, 0.15) is 113 Å². The Morgan fingerprint density at radius 3 is 2.28 bits per heavy atom. The number of urea groups is 1. The number of primary amides is 1. The van der Waals surface area contributed by atoms with Gasteiger partial charge in [-0.25, -0.2) is 19.2 Å². The van der Waals surface area contributed by atoms with Gasteiger partial charge in [-0.1, -0.05) is 56.2 Å². The Balaban J connectivity index is 1.14. The van der Waals surface area contributed by atoms with E-state index in [1.54, 1.807) is 52.0 Å². The van der Waals surface area contributed by atoms with Crippen LogP contribution in [0, 0.1) is 11.8 Å². The summed E-state index contributed by atoms with van der Waals surface area (Å²) < 4.78 is 40.5. The highest BCUT2D eigenvalue weighted by atomic mass is 35.5. The number of anilines is 2. The highest BCUT2D eigenvalue weighted by Crippen LogP contribution is 2.49. The van der Waals surface area contributed by atoms with Gasteiger partial charge in [0.15, 0.2) is 10.8 Å². The van der Waals surface area contributed by atoms with Crippen molar-refractivity contribution < 1.29 is 95.8 Å². The van der Waals surface area contributed by atoms with E-state index < -0.39 is 138 Å². The number of allylic oxidation sites excluding steroid dienone is 3. The minimum absolute atomic E-state index is 0.0223. The maximum Gasteiger partial charge on any atom is 0.409 e. The summed E-state index contributed by atoms with van der Waals surface area (Å²) in [5.74, 6) is -7.25. The molecule has 2 aromatic rings. The number of esters is 1. The zero-order valence-electron chi connectivity index (χ0n) is 56.1. The first kappa shape index (κ1) is 77.5. The topological polar surface area (TPSA) is 405 Å². The van der Waals surface area contributed by atoms with Gasteiger partial charge in [-0.05, 0) is 94.1 Å². The molecule has 10 amide bonds. The number of methoxy groups -OCH3 is 2. The minimum Gasteiger partial charge on any atom is -0.495 e. The number of imide groups is 1. The monoisotopic (exact) mass is 1400 g/mol. The number of benzene rings is 2. The SMILES string of the molecule is CNC(=O)c1cc(C(=O)N(C)[C@@H](C)C(=O)O[C@H]2CC(=O)N(C)c3cc(cc(OC)c3Cl)C/C(C)=C/C=C/[C@@H](OC)[C@@]3(O)C[C@H](OC(=O)N3)[C@@H](C)[C@@H]3O[C@@]23C)ccc1NC(=O)[C@H](CCCNC(N)=O)NC(=O)[C@@H](NC(=S)NCCOCCOCCC(=O)ON1C(=O)CCC1=O)C(C)C. The number of thiocarbonyl (C=S) groups is 1. The van der Waals surface area contributed by atoms with E-state index in [2.05, 4.69) is 37.2 Å². The van der Waals surface area contributed by atoms with Crippen LogP contribution in [-0.4, -0.2) is 214 Å². The number of nitrogens with one attached hydrogen (secondary N) is 7. The summed E-state index contributed by atoms with van der Waals surface area (Å²) in [4.78, 5) is 153. The first-order chi connectivity index (χ1) is 45.9. The van der Waals surface area contributed by atoms with Crippen molar-refractivity contribution in [2.75, 3.05) is 85.1 Å². The van der Waals surface area contributed by atoms with Gasteiger partial charge in [0.25, 0.3) is 23.6 Å². The van der Waals surface area contributed by atoms with Gasteiger partial charge in [0.2, 0.25) is 17.7 Å². The number of alkyl carbamates (subject to hydrolysis) is 1. The predicted molar refractivity (Wildman–Crippen MR) is 353 cm³/mol. The van der Waals surface area contributed by atoms with Crippen molar-refractivity contribution in [3.63, 3.8) is 0 Å². The van der Waals surface area contributed by atoms with Crippen molar-refractivity contribution >= 4 is 106 Å². The number of amides is 10. The average molecular weight is 1400 g/mol. The molecule has 0 aromatic heterocycles. The molecule has 10 atom stereocenters. The number of fused-ring (bicyclic) bond motifs is 5. The highest BCUT2D eigenvalue weighted by Gasteiger charge is 2.64. The van der Waals surface area contributed by atoms with Crippen molar-refractivity contribution in [2.45, 2.75) is 147 Å². The molecule has 33 heteroatoms. The molecule has 0 unspecified atom stereocenters. The van der Waals surface area contributed by atoms with E-state index in [0.717, 1.165) is 16.0 Å². The quantitative estimate of drug-likeness (QED) is 0.0204. The van der Waals surface area contributed by atoms with Crippen molar-refractivity contribution in [2.24, 2.45) is 17.6 Å². The third-order valence-corrected chi connectivity index (χ3v) is 17.5. The van der Waals surface area contributed by atoms with Crippen LogP contribution in [0.5, 0.6) is 5.75 Å². The molecule has 4 heterocycles. The second-order valence-electron chi connectivity index (χ2n) is 24.3. The van der Waals surface area contributed by atoms with Gasteiger partial charge in [-0.15, -0.1) is 5.06 Å². The molecular formula is C64H88ClN11O20S. The molecule has 4 bridgehead atoms. The van der Waals surface area contributed by atoms with Crippen LogP contribution in [0.25, 0.3) is 0 Å². The summed E-state index contributed by atoms with van der Waals surface area (Å²) in [6.45, 7) is 10.7. The molecule has 6 rings (SSSR count). The number of nitrogens with zero attached hydrogens (tertiary/aromatic N) is 3. The first-order valence-electron chi connectivity index (χ1n) is 31.5. The Morgan fingerprint density at radius 1 is 0.938 bits per heavy atom. The Hall–Kier alpha value is -8.53. The number of hydrogen-bond donors (Lipinski definition) is 9. The molecule has 3 fully saturated rings. The zero-order valence-corrected chi connectivity index (χ0v) is 57.7. The molecule has 3 saturated heterocycles. The van der Waals surface area contributed by atoms with E-state index in [1.807, 2.05) is 13.0 Å². The number of hydroxylamine groups is 2. The fourth-order valence-electron chi connectivity index (χ4n) is 11.0. The second kappa shape index (κ2) is 35.1. The molecule has 4 aliphatic rings. The maximum absolute atomic E-state index is 14.6. The largest absolute Gasteiger partial charge is 0.495 e. The van der Waals surface area contributed by atoms with Gasteiger partial charge < -0.3 is 90.5 Å². The molecule has 532 valence electrons. The fourth-order valence-corrected chi connectivity index (χ4v) is 11.5. The molecular weight excluding hydrogens is 1310 g/mol. The number of rotatable bonds is 27. The lowest BCUT2D eigenvalue weighted by molar-refractivity contribution is -0.198. The number of aliphatic hydroxyl groups is 1. The zero-order chi connectivity index (χ0) is 71.6. The number of hydrogen-bond acceptors (Lipinski definition) is 21. The number of carbonyl (C=O) groups excluding carboxylic acids is 11. The molecule has 31 nitrogen and oxygen atoms in total. The van der Waals surface area contributed by atoms with Crippen LogP contribution in [0.2, 0.25) is 5.02 Å². The molecule has 0 radical (unpaired) electrons. The lowest BCUT2D eigenvalue weighted by atomic mass is 9.83. The van der Waals surface area contributed by atoms with E-state index in [4.69, 9.17) is 67.5 Å².